The zero-order chi connectivity index (χ0) is 8.97. The Morgan fingerprint density at radius 3 is 2.50 bits per heavy atom. The van der Waals surface area contributed by atoms with Gasteiger partial charge in [0.05, 0.1) is 0 Å². The number of hydrogen-bond acceptors (Lipinski definition) is 3. The van der Waals surface area contributed by atoms with E-state index < -0.39 is 5.78 Å². The van der Waals surface area contributed by atoms with Crippen LogP contribution in [0, 0.1) is 11.3 Å². The van der Waals surface area contributed by atoms with Gasteiger partial charge in [0.25, 0.3) is 0 Å². The molecule has 3 nitrogen and oxygen atoms in total. The van der Waals surface area contributed by atoms with E-state index in [-0.39, 0.29) is 12.2 Å². The number of Topliss-reactive ketones (excluding diaryl/α,β-unsaturated/α-hetero) is 1. The maximum Gasteiger partial charge on any atom is 0.236 e. The van der Waals surface area contributed by atoms with Gasteiger partial charge in [-0.05, 0) is 17.7 Å². The molecule has 60 valence electrons. The summed E-state index contributed by atoms with van der Waals surface area (Å²) in [6, 6.07) is 7.73. The zero-order valence-electron chi connectivity index (χ0n) is 6.32. The molecule has 0 bridgehead atoms. The van der Waals surface area contributed by atoms with E-state index in [0.717, 1.165) is 5.56 Å². The minimum Gasteiger partial charge on any atom is -0.508 e. The van der Waals surface area contributed by atoms with E-state index in [0.29, 0.717) is 0 Å². The number of phenols is 1. The van der Waals surface area contributed by atoms with Crippen LogP contribution < -0.4 is 0 Å². The van der Waals surface area contributed by atoms with Crippen LogP contribution in [0.5, 0.6) is 5.75 Å². The highest BCUT2D eigenvalue weighted by atomic mass is 16.3. The first kappa shape index (κ1) is 8.28. The molecule has 1 N–H and O–H groups in total. The molecule has 0 spiro atoms. The summed E-state index contributed by atoms with van der Waals surface area (Å²) in [6.45, 7) is 0. The normalized spacial score (nSPS) is 8.92. The number of hydrogen-bond donors (Lipinski definition) is 1. The highest BCUT2D eigenvalue weighted by Gasteiger charge is 2.00. The molecule has 1 aromatic carbocycles. The molecule has 0 aromatic heterocycles. The molecule has 0 saturated carbocycles. The van der Waals surface area contributed by atoms with Crippen molar-refractivity contribution in [2.45, 2.75) is 6.42 Å². The Kier molecular flexibility index (Phi) is 2.44. The largest absolute Gasteiger partial charge is 0.508 e. The van der Waals surface area contributed by atoms with Gasteiger partial charge in [0.1, 0.15) is 11.8 Å². The molecule has 0 heterocycles. The van der Waals surface area contributed by atoms with Gasteiger partial charge in [-0.2, -0.15) is 5.26 Å². The number of aromatic hydroxyl groups is 1. The summed E-state index contributed by atoms with van der Waals surface area (Å²) < 4.78 is 0. The Balaban J connectivity index is 2.73. The predicted molar refractivity (Wildman–Crippen MR) is 42.4 cm³/mol. The SMILES string of the molecule is N#CC(=O)Cc1ccc(O)cc1. The molecule has 1 aromatic rings. The molecule has 0 aliphatic rings. The molecule has 12 heavy (non-hydrogen) atoms. The number of nitriles is 1. The number of phenolic OH excluding ortho intramolecular Hbond substituents is 1. The van der Waals surface area contributed by atoms with Crippen molar-refractivity contribution in [1.29, 1.82) is 5.26 Å². The van der Waals surface area contributed by atoms with Crippen LogP contribution in [0.2, 0.25) is 0 Å². The van der Waals surface area contributed by atoms with Gasteiger partial charge in [0.15, 0.2) is 0 Å². The van der Waals surface area contributed by atoms with Crippen LogP contribution in [0.25, 0.3) is 0 Å². The fraction of sp³-hybridized carbons (Fsp3) is 0.111. The van der Waals surface area contributed by atoms with Gasteiger partial charge >= 0.3 is 0 Å². The second-order valence-electron chi connectivity index (χ2n) is 2.38. The number of nitrogens with zero attached hydrogens (tertiary/aromatic N) is 1. The predicted octanol–water partition coefficient (Wildman–Crippen LogP) is 1.03. The monoisotopic (exact) mass is 161 g/mol. The van der Waals surface area contributed by atoms with Gasteiger partial charge in [-0.15, -0.1) is 0 Å². The Labute approximate surface area is 69.9 Å². The third kappa shape index (κ3) is 2.10. The number of carbonyl (C=O) groups excluding carboxylic acids is 1. The van der Waals surface area contributed by atoms with Crippen LogP contribution in [-0.2, 0) is 11.2 Å². The van der Waals surface area contributed by atoms with Crippen molar-refractivity contribution in [1.82, 2.24) is 0 Å². The number of benzene rings is 1. The minimum atomic E-state index is -0.472. The lowest BCUT2D eigenvalue weighted by Crippen LogP contribution is -1.97. The molecule has 0 fully saturated rings. The molecule has 0 saturated heterocycles. The van der Waals surface area contributed by atoms with Crippen LogP contribution in [0.3, 0.4) is 0 Å². The third-order valence-corrected chi connectivity index (χ3v) is 1.43. The summed E-state index contributed by atoms with van der Waals surface area (Å²) in [5.74, 6) is -0.316. The van der Waals surface area contributed by atoms with Crippen molar-refractivity contribution in [3.05, 3.63) is 29.8 Å². The lowest BCUT2D eigenvalue weighted by Gasteiger charge is -1.95. The average molecular weight is 161 g/mol. The fourth-order valence-corrected chi connectivity index (χ4v) is 0.839. The van der Waals surface area contributed by atoms with Crippen LogP contribution in [0.15, 0.2) is 24.3 Å². The molecule has 0 aliphatic heterocycles. The summed E-state index contributed by atoms with van der Waals surface area (Å²) in [5, 5.41) is 17.1. The Bertz CT molecular complexity index is 321. The van der Waals surface area contributed by atoms with Gasteiger partial charge in [0, 0.05) is 6.42 Å². The summed E-state index contributed by atoms with van der Waals surface area (Å²) in [7, 11) is 0. The summed E-state index contributed by atoms with van der Waals surface area (Å²) in [6.07, 6.45) is 0.108. The van der Waals surface area contributed by atoms with Crippen molar-refractivity contribution in [2.24, 2.45) is 0 Å². The average Bonchev–Trinajstić information content (AvgIpc) is 2.09. The van der Waals surface area contributed by atoms with E-state index in [1.807, 2.05) is 0 Å². The quantitative estimate of drug-likeness (QED) is 0.659. The van der Waals surface area contributed by atoms with E-state index in [1.165, 1.54) is 18.2 Å². The second-order valence-corrected chi connectivity index (χ2v) is 2.38. The van der Waals surface area contributed by atoms with Gasteiger partial charge in [0.2, 0.25) is 5.78 Å². The van der Waals surface area contributed by atoms with Crippen molar-refractivity contribution in [3.8, 4) is 11.8 Å². The standard InChI is InChI=1S/C9H7NO2/c10-6-9(12)5-7-1-3-8(11)4-2-7/h1-4,11H,5H2. The molecule has 0 unspecified atom stereocenters. The van der Waals surface area contributed by atoms with E-state index in [4.69, 9.17) is 10.4 Å². The second kappa shape index (κ2) is 3.54. The molecular formula is C9H7NO2. The summed E-state index contributed by atoms with van der Waals surface area (Å²) in [4.78, 5) is 10.6. The smallest absolute Gasteiger partial charge is 0.236 e. The van der Waals surface area contributed by atoms with Crippen molar-refractivity contribution in [3.63, 3.8) is 0 Å². The van der Waals surface area contributed by atoms with E-state index in [9.17, 15) is 4.79 Å². The van der Waals surface area contributed by atoms with E-state index in [1.54, 1.807) is 12.1 Å². The maximum absolute atomic E-state index is 10.6. The van der Waals surface area contributed by atoms with E-state index >= 15 is 0 Å². The first-order valence-corrected chi connectivity index (χ1v) is 3.43. The molecule has 0 aliphatic carbocycles. The zero-order valence-corrected chi connectivity index (χ0v) is 6.32. The molecule has 1 rings (SSSR count). The fourth-order valence-electron chi connectivity index (χ4n) is 0.839. The van der Waals surface area contributed by atoms with Gasteiger partial charge < -0.3 is 5.11 Å². The number of rotatable bonds is 2. The number of carbonyl (C=O) groups is 1. The van der Waals surface area contributed by atoms with E-state index in [2.05, 4.69) is 0 Å². The minimum absolute atomic E-state index is 0.108. The molecule has 3 heteroatoms. The lowest BCUT2D eigenvalue weighted by atomic mass is 10.1. The highest BCUT2D eigenvalue weighted by Crippen LogP contribution is 2.09. The lowest BCUT2D eigenvalue weighted by molar-refractivity contribution is -0.113. The van der Waals surface area contributed by atoms with Crippen LogP contribution in [0.1, 0.15) is 5.56 Å². The van der Waals surface area contributed by atoms with Gasteiger partial charge in [-0.1, -0.05) is 12.1 Å². The molecule has 0 atom stereocenters. The van der Waals surface area contributed by atoms with Crippen molar-refractivity contribution in [2.75, 3.05) is 0 Å². The molecule has 0 radical (unpaired) electrons. The molecular weight excluding hydrogens is 154 g/mol. The first-order valence-electron chi connectivity index (χ1n) is 3.43. The maximum atomic E-state index is 10.6. The van der Waals surface area contributed by atoms with Crippen molar-refractivity contribution >= 4 is 5.78 Å². The number of ketones is 1. The van der Waals surface area contributed by atoms with Gasteiger partial charge in [-0.25, -0.2) is 0 Å². The van der Waals surface area contributed by atoms with Crippen LogP contribution >= 0.6 is 0 Å². The Hall–Kier alpha value is -1.82. The van der Waals surface area contributed by atoms with Crippen molar-refractivity contribution < 1.29 is 9.90 Å². The van der Waals surface area contributed by atoms with Gasteiger partial charge in [-0.3, -0.25) is 4.79 Å². The topological polar surface area (TPSA) is 61.1 Å². The first-order chi connectivity index (χ1) is 5.72. The summed E-state index contributed by atoms with van der Waals surface area (Å²) in [5.41, 5.74) is 0.736. The highest BCUT2D eigenvalue weighted by molar-refractivity contribution is 5.94. The summed E-state index contributed by atoms with van der Waals surface area (Å²) >= 11 is 0. The third-order valence-electron chi connectivity index (χ3n) is 1.43. The van der Waals surface area contributed by atoms with Crippen LogP contribution in [0.4, 0.5) is 0 Å². The molecule has 0 amide bonds. The van der Waals surface area contributed by atoms with Crippen LogP contribution in [-0.4, -0.2) is 10.9 Å². The Morgan fingerprint density at radius 1 is 1.42 bits per heavy atom. The Morgan fingerprint density at radius 2 is 2.00 bits per heavy atom.